The van der Waals surface area contributed by atoms with Gasteiger partial charge in [-0.05, 0) is 0 Å². The zero-order valence-electron chi connectivity index (χ0n) is 15.1. The van der Waals surface area contributed by atoms with Gasteiger partial charge in [-0.2, -0.15) is 0 Å². The lowest BCUT2D eigenvalue weighted by atomic mass is 10.1. The maximum Gasteiger partial charge on any atom is 0.262 e. The van der Waals surface area contributed by atoms with Gasteiger partial charge in [0.05, 0.1) is 25.8 Å². The molecule has 0 bridgehead atoms. The second-order valence-corrected chi connectivity index (χ2v) is 7.14. The first-order chi connectivity index (χ1) is 13.0. The van der Waals surface area contributed by atoms with E-state index in [1.54, 1.807) is 11.2 Å². The summed E-state index contributed by atoms with van der Waals surface area (Å²) in [6.07, 6.45) is 1.14. The van der Waals surface area contributed by atoms with Crippen molar-refractivity contribution in [2.24, 2.45) is 0 Å². The Hall–Kier alpha value is -2.07. The third-order valence-corrected chi connectivity index (χ3v) is 5.30. The highest BCUT2D eigenvalue weighted by molar-refractivity contribution is 5.82. The van der Waals surface area contributed by atoms with Crippen LogP contribution in [0.1, 0.15) is 6.42 Å². The molecule has 1 atom stereocenters. The number of halogens is 2. The molecule has 10 heteroatoms. The summed E-state index contributed by atoms with van der Waals surface area (Å²) in [6, 6.07) is 1.18. The standard InChI is InChI=1S/C17H24F2N6O2/c18-17(19)10-13(20-11-17)16(26)25-3-1-23(2-4-25)14-9-15(22-12-21-14)24-5-7-27-8-6-24/h9,12-13,20H,1-8,10-11H2. The van der Waals surface area contributed by atoms with E-state index in [0.29, 0.717) is 39.4 Å². The second kappa shape index (κ2) is 7.51. The molecule has 3 aliphatic rings. The predicted molar refractivity (Wildman–Crippen MR) is 95.2 cm³/mol. The molecule has 1 amide bonds. The molecule has 1 N–H and O–H groups in total. The molecule has 8 nitrogen and oxygen atoms in total. The van der Waals surface area contributed by atoms with Gasteiger partial charge in [-0.1, -0.05) is 0 Å². The van der Waals surface area contributed by atoms with Crippen LogP contribution in [-0.2, 0) is 9.53 Å². The SMILES string of the molecule is O=C(C1CC(F)(F)CN1)N1CCN(c2cc(N3CCOCC3)ncn2)CC1. The van der Waals surface area contributed by atoms with Crippen molar-refractivity contribution in [1.82, 2.24) is 20.2 Å². The van der Waals surface area contributed by atoms with Crippen LogP contribution in [0.4, 0.5) is 20.4 Å². The van der Waals surface area contributed by atoms with Gasteiger partial charge in [0, 0.05) is 51.8 Å². The van der Waals surface area contributed by atoms with Crippen LogP contribution in [0.3, 0.4) is 0 Å². The molecule has 3 fully saturated rings. The average Bonchev–Trinajstić information content (AvgIpc) is 3.08. The Morgan fingerprint density at radius 1 is 1.07 bits per heavy atom. The quantitative estimate of drug-likeness (QED) is 0.786. The number of ether oxygens (including phenoxy) is 1. The molecule has 4 heterocycles. The number of morpholine rings is 1. The Morgan fingerprint density at radius 3 is 2.30 bits per heavy atom. The van der Waals surface area contributed by atoms with Gasteiger partial charge < -0.3 is 19.4 Å². The van der Waals surface area contributed by atoms with Crippen molar-refractivity contribution in [3.8, 4) is 0 Å². The lowest BCUT2D eigenvalue weighted by Crippen LogP contribution is -2.53. The van der Waals surface area contributed by atoms with E-state index in [4.69, 9.17) is 4.74 Å². The molecule has 0 saturated carbocycles. The highest BCUT2D eigenvalue weighted by atomic mass is 19.3. The lowest BCUT2D eigenvalue weighted by Gasteiger charge is -2.37. The van der Waals surface area contributed by atoms with Crippen molar-refractivity contribution < 1.29 is 18.3 Å². The van der Waals surface area contributed by atoms with Crippen LogP contribution < -0.4 is 15.1 Å². The van der Waals surface area contributed by atoms with E-state index in [-0.39, 0.29) is 5.91 Å². The van der Waals surface area contributed by atoms with Crippen molar-refractivity contribution in [3.63, 3.8) is 0 Å². The summed E-state index contributed by atoms with van der Waals surface area (Å²) in [5.41, 5.74) is 0. The molecule has 0 radical (unpaired) electrons. The van der Waals surface area contributed by atoms with E-state index in [2.05, 4.69) is 25.1 Å². The second-order valence-electron chi connectivity index (χ2n) is 7.14. The number of amides is 1. The number of aromatic nitrogens is 2. The third-order valence-electron chi connectivity index (χ3n) is 5.30. The smallest absolute Gasteiger partial charge is 0.262 e. The lowest BCUT2D eigenvalue weighted by molar-refractivity contribution is -0.134. The Morgan fingerprint density at radius 2 is 1.70 bits per heavy atom. The van der Waals surface area contributed by atoms with Crippen molar-refractivity contribution >= 4 is 17.5 Å². The van der Waals surface area contributed by atoms with Gasteiger partial charge in [-0.25, -0.2) is 18.7 Å². The number of nitrogens with zero attached hydrogens (tertiary/aromatic N) is 5. The van der Waals surface area contributed by atoms with E-state index >= 15 is 0 Å². The minimum atomic E-state index is -2.79. The van der Waals surface area contributed by atoms with Crippen LogP contribution in [0.5, 0.6) is 0 Å². The fraction of sp³-hybridized carbons (Fsp3) is 0.706. The maximum atomic E-state index is 13.3. The van der Waals surface area contributed by atoms with Gasteiger partial charge in [-0.3, -0.25) is 10.1 Å². The fourth-order valence-corrected chi connectivity index (χ4v) is 3.74. The van der Waals surface area contributed by atoms with Gasteiger partial charge >= 0.3 is 0 Å². The number of carbonyl (C=O) groups excluding carboxylic acids is 1. The summed E-state index contributed by atoms with van der Waals surface area (Å²) in [5, 5.41) is 2.64. The first-order valence-corrected chi connectivity index (χ1v) is 9.31. The van der Waals surface area contributed by atoms with Crippen LogP contribution in [0.2, 0.25) is 0 Å². The molecule has 148 valence electrons. The number of hydrogen-bond acceptors (Lipinski definition) is 7. The molecule has 1 aromatic heterocycles. The van der Waals surface area contributed by atoms with Crippen LogP contribution in [-0.4, -0.2) is 91.8 Å². The number of carbonyl (C=O) groups is 1. The average molecular weight is 382 g/mol. The molecule has 27 heavy (non-hydrogen) atoms. The third kappa shape index (κ3) is 4.11. The molecular weight excluding hydrogens is 358 g/mol. The van der Waals surface area contributed by atoms with E-state index in [9.17, 15) is 13.6 Å². The van der Waals surface area contributed by atoms with E-state index in [0.717, 1.165) is 24.7 Å². The van der Waals surface area contributed by atoms with Crippen molar-refractivity contribution in [2.45, 2.75) is 18.4 Å². The largest absolute Gasteiger partial charge is 0.378 e. The Balaban J connectivity index is 1.34. The van der Waals surface area contributed by atoms with E-state index < -0.39 is 24.9 Å². The van der Waals surface area contributed by atoms with Gasteiger partial charge in [0.25, 0.3) is 5.92 Å². The summed E-state index contributed by atoms with van der Waals surface area (Å²) in [7, 11) is 0. The molecule has 1 unspecified atom stereocenters. The highest BCUT2D eigenvalue weighted by Crippen LogP contribution is 2.26. The first-order valence-electron chi connectivity index (χ1n) is 9.31. The number of anilines is 2. The molecule has 3 aliphatic heterocycles. The summed E-state index contributed by atoms with van der Waals surface area (Å²) in [5.74, 6) is -1.33. The van der Waals surface area contributed by atoms with Gasteiger partial charge in [0.15, 0.2) is 0 Å². The fourth-order valence-electron chi connectivity index (χ4n) is 3.74. The number of nitrogens with one attached hydrogen (secondary N) is 1. The van der Waals surface area contributed by atoms with Crippen molar-refractivity contribution in [1.29, 1.82) is 0 Å². The molecule has 4 rings (SSSR count). The maximum absolute atomic E-state index is 13.3. The van der Waals surface area contributed by atoms with Crippen molar-refractivity contribution in [2.75, 3.05) is 68.8 Å². The molecule has 0 aliphatic carbocycles. The molecule has 1 aromatic rings. The van der Waals surface area contributed by atoms with E-state index in [1.165, 1.54) is 0 Å². The Kier molecular flexibility index (Phi) is 5.09. The monoisotopic (exact) mass is 382 g/mol. The minimum absolute atomic E-state index is 0.233. The van der Waals surface area contributed by atoms with Crippen LogP contribution in [0.15, 0.2) is 12.4 Å². The van der Waals surface area contributed by atoms with Crippen LogP contribution >= 0.6 is 0 Å². The molecular formula is C17H24F2N6O2. The van der Waals surface area contributed by atoms with Gasteiger partial charge in [0.2, 0.25) is 5.91 Å². The summed E-state index contributed by atoms with van der Waals surface area (Å²) in [6.45, 7) is 4.80. The first kappa shape index (κ1) is 18.3. The van der Waals surface area contributed by atoms with Gasteiger partial charge in [-0.15, -0.1) is 0 Å². The number of piperazine rings is 1. The number of alkyl halides is 2. The summed E-state index contributed by atoms with van der Waals surface area (Å²) >= 11 is 0. The van der Waals surface area contributed by atoms with Crippen molar-refractivity contribution in [3.05, 3.63) is 12.4 Å². The number of rotatable bonds is 3. The van der Waals surface area contributed by atoms with E-state index in [1.807, 2.05) is 6.07 Å². The molecule has 3 saturated heterocycles. The van der Waals surface area contributed by atoms with Crippen LogP contribution in [0.25, 0.3) is 0 Å². The minimum Gasteiger partial charge on any atom is -0.378 e. The summed E-state index contributed by atoms with van der Waals surface area (Å²) in [4.78, 5) is 27.1. The van der Waals surface area contributed by atoms with Gasteiger partial charge in [0.1, 0.15) is 18.0 Å². The molecule has 0 aromatic carbocycles. The zero-order valence-corrected chi connectivity index (χ0v) is 15.1. The predicted octanol–water partition coefficient (Wildman–Crippen LogP) is -0.0410. The zero-order chi connectivity index (χ0) is 18.9. The Bertz CT molecular complexity index is 677. The summed E-state index contributed by atoms with van der Waals surface area (Å²) < 4.78 is 32.0. The highest BCUT2D eigenvalue weighted by Gasteiger charge is 2.43. The Labute approximate surface area is 156 Å². The topological polar surface area (TPSA) is 73.8 Å². The number of hydrogen-bond donors (Lipinski definition) is 1. The molecule has 0 spiro atoms. The van der Waals surface area contributed by atoms with Crippen LogP contribution in [0, 0.1) is 0 Å². The normalized spacial score (nSPS) is 25.7.